The van der Waals surface area contributed by atoms with Gasteiger partial charge < -0.3 is 0 Å². The predicted molar refractivity (Wildman–Crippen MR) is 46.2 cm³/mol. The van der Waals surface area contributed by atoms with Gasteiger partial charge in [0.1, 0.15) is 6.33 Å². The van der Waals surface area contributed by atoms with E-state index in [2.05, 4.69) is 23.0 Å². The summed E-state index contributed by atoms with van der Waals surface area (Å²) in [5, 5.41) is 2.14. The molecular weight excluding hydrogens is 136 g/mol. The fraction of sp³-hybridized carbons (Fsp3) is 0.333. The number of nitrogens with zero attached hydrogens (tertiary/aromatic N) is 2. The van der Waals surface area contributed by atoms with Crippen LogP contribution in [0.2, 0.25) is 0 Å². The van der Waals surface area contributed by atoms with Crippen LogP contribution >= 0.6 is 0 Å². The highest BCUT2D eigenvalue weighted by Crippen LogP contribution is 1.72. The Bertz CT molecular complexity index is 328. The molecule has 0 fully saturated rings. The zero-order valence-electron chi connectivity index (χ0n) is 6.91. The van der Waals surface area contributed by atoms with Gasteiger partial charge in [-0.3, -0.25) is 0 Å². The zero-order chi connectivity index (χ0) is 8.10. The Morgan fingerprint density at radius 2 is 2.36 bits per heavy atom. The molecule has 11 heavy (non-hydrogen) atoms. The second-order valence-electron chi connectivity index (χ2n) is 2.26. The molecule has 0 unspecified atom stereocenters. The van der Waals surface area contributed by atoms with Crippen LogP contribution < -0.4 is 10.6 Å². The molecule has 2 heteroatoms. The van der Waals surface area contributed by atoms with Crippen LogP contribution in [-0.2, 0) is 0 Å². The quantitative estimate of drug-likeness (QED) is 0.578. The second-order valence-corrected chi connectivity index (χ2v) is 2.26. The van der Waals surface area contributed by atoms with Crippen LogP contribution in [0.4, 0.5) is 0 Å². The van der Waals surface area contributed by atoms with E-state index in [1.54, 1.807) is 6.33 Å². The minimum Gasteiger partial charge on any atom is -0.244 e. The first kappa shape index (κ1) is 7.92. The Balaban J connectivity index is 3.37. The molecule has 0 aliphatic heterocycles. The molecule has 1 aromatic heterocycles. The van der Waals surface area contributed by atoms with Crippen molar-refractivity contribution in [3.63, 3.8) is 0 Å². The molecule has 0 spiro atoms. The minimum atomic E-state index is 1.02. The first-order valence-corrected chi connectivity index (χ1v) is 3.81. The van der Waals surface area contributed by atoms with Gasteiger partial charge in [-0.25, -0.2) is 9.97 Å². The molecule has 0 aliphatic carbocycles. The molecule has 1 heterocycles. The average Bonchev–Trinajstić information content (AvgIpc) is 2.06. The van der Waals surface area contributed by atoms with Gasteiger partial charge in [-0.1, -0.05) is 19.1 Å². The molecule has 0 atom stereocenters. The van der Waals surface area contributed by atoms with Crippen molar-refractivity contribution in [1.29, 1.82) is 0 Å². The summed E-state index contributed by atoms with van der Waals surface area (Å²) >= 11 is 0. The van der Waals surface area contributed by atoms with Gasteiger partial charge in [0, 0.05) is 11.4 Å². The van der Waals surface area contributed by atoms with Gasteiger partial charge in [0.15, 0.2) is 0 Å². The Morgan fingerprint density at radius 3 is 3.00 bits per heavy atom. The van der Waals surface area contributed by atoms with Crippen molar-refractivity contribution in [3.05, 3.63) is 23.1 Å². The van der Waals surface area contributed by atoms with Gasteiger partial charge in [0.05, 0.1) is 5.35 Å². The molecule has 0 radical (unpaired) electrons. The van der Waals surface area contributed by atoms with Crippen LogP contribution in [-0.4, -0.2) is 9.97 Å². The first-order valence-electron chi connectivity index (χ1n) is 3.81. The van der Waals surface area contributed by atoms with E-state index in [9.17, 15) is 0 Å². The van der Waals surface area contributed by atoms with E-state index in [-0.39, 0.29) is 0 Å². The summed E-state index contributed by atoms with van der Waals surface area (Å²) in [4.78, 5) is 8.07. The molecule has 0 bridgehead atoms. The lowest BCUT2D eigenvalue weighted by Gasteiger charge is -1.86. The standard InChI is InChI=1S/C9H12N2/c1-3-5-8-6-10-7-11-9(8)4-2/h4-7H,3H2,1-2H3/b8-5-,9-4+. The van der Waals surface area contributed by atoms with Crippen LogP contribution in [0, 0.1) is 0 Å². The molecule has 0 saturated heterocycles. The summed E-state index contributed by atoms with van der Waals surface area (Å²) in [6.45, 7) is 4.09. The number of rotatable bonds is 1. The van der Waals surface area contributed by atoms with Crippen molar-refractivity contribution in [1.82, 2.24) is 9.97 Å². The summed E-state index contributed by atoms with van der Waals surface area (Å²) in [5.74, 6) is 0. The van der Waals surface area contributed by atoms with Crippen LogP contribution in [0.15, 0.2) is 12.5 Å². The lowest BCUT2D eigenvalue weighted by atomic mass is 10.3. The fourth-order valence-electron chi connectivity index (χ4n) is 0.968. The van der Waals surface area contributed by atoms with Crippen LogP contribution in [0.25, 0.3) is 12.2 Å². The number of hydrogen-bond donors (Lipinski definition) is 0. The molecular formula is C9H12N2. The lowest BCUT2D eigenvalue weighted by Crippen LogP contribution is -2.27. The first-order chi connectivity index (χ1) is 5.38. The summed E-state index contributed by atoms with van der Waals surface area (Å²) < 4.78 is 0. The highest BCUT2D eigenvalue weighted by molar-refractivity contribution is 5.24. The normalized spacial score (nSPS) is 14.0. The van der Waals surface area contributed by atoms with E-state index >= 15 is 0 Å². The Labute approximate surface area is 66.3 Å². The van der Waals surface area contributed by atoms with Gasteiger partial charge in [-0.2, -0.15) is 0 Å². The van der Waals surface area contributed by atoms with Crippen molar-refractivity contribution in [2.24, 2.45) is 0 Å². The lowest BCUT2D eigenvalue weighted by molar-refractivity contribution is 1.09. The highest BCUT2D eigenvalue weighted by atomic mass is 14.8. The Kier molecular flexibility index (Phi) is 2.78. The van der Waals surface area contributed by atoms with E-state index in [0.717, 1.165) is 17.0 Å². The van der Waals surface area contributed by atoms with Crippen molar-refractivity contribution in [2.45, 2.75) is 20.3 Å². The third-order valence-electron chi connectivity index (χ3n) is 1.47. The van der Waals surface area contributed by atoms with Gasteiger partial charge in [0.25, 0.3) is 0 Å². The van der Waals surface area contributed by atoms with Gasteiger partial charge >= 0.3 is 0 Å². The summed E-state index contributed by atoms with van der Waals surface area (Å²) in [6.07, 6.45) is 8.54. The molecule has 0 saturated carbocycles. The van der Waals surface area contributed by atoms with Gasteiger partial charge in [0.2, 0.25) is 0 Å². The van der Waals surface area contributed by atoms with Crippen LogP contribution in [0.3, 0.4) is 0 Å². The zero-order valence-corrected chi connectivity index (χ0v) is 6.91. The maximum atomic E-state index is 4.12. The largest absolute Gasteiger partial charge is 0.244 e. The molecule has 0 N–H and O–H groups in total. The maximum Gasteiger partial charge on any atom is 0.116 e. The van der Waals surface area contributed by atoms with Crippen molar-refractivity contribution in [2.75, 3.05) is 0 Å². The fourth-order valence-corrected chi connectivity index (χ4v) is 0.968. The Hall–Kier alpha value is -1.18. The average molecular weight is 148 g/mol. The molecule has 2 nitrogen and oxygen atoms in total. The monoisotopic (exact) mass is 148 g/mol. The minimum absolute atomic E-state index is 1.02. The van der Waals surface area contributed by atoms with Crippen LogP contribution in [0.1, 0.15) is 20.3 Å². The van der Waals surface area contributed by atoms with Crippen molar-refractivity contribution < 1.29 is 0 Å². The van der Waals surface area contributed by atoms with Crippen molar-refractivity contribution >= 4 is 12.2 Å². The number of hydrogen-bond acceptors (Lipinski definition) is 2. The molecule has 0 aliphatic rings. The van der Waals surface area contributed by atoms with E-state index in [1.807, 2.05) is 19.2 Å². The SMILES string of the molecule is C/C=c1/ncnc/c1=C/CC. The molecule has 58 valence electrons. The number of aromatic nitrogens is 2. The third kappa shape index (κ3) is 1.87. The topological polar surface area (TPSA) is 25.8 Å². The van der Waals surface area contributed by atoms with Gasteiger partial charge in [-0.05, 0) is 13.3 Å². The molecule has 1 aromatic rings. The summed E-state index contributed by atoms with van der Waals surface area (Å²) in [6, 6.07) is 0. The molecule has 1 rings (SSSR count). The third-order valence-corrected chi connectivity index (χ3v) is 1.47. The van der Waals surface area contributed by atoms with Gasteiger partial charge in [-0.15, -0.1) is 0 Å². The van der Waals surface area contributed by atoms with Crippen LogP contribution in [0.5, 0.6) is 0 Å². The van der Waals surface area contributed by atoms with E-state index in [1.165, 1.54) is 0 Å². The van der Waals surface area contributed by atoms with E-state index < -0.39 is 0 Å². The molecule has 0 aromatic carbocycles. The smallest absolute Gasteiger partial charge is 0.116 e. The predicted octanol–water partition coefficient (Wildman–Crippen LogP) is 0.468. The maximum absolute atomic E-state index is 4.12. The second kappa shape index (κ2) is 3.86. The molecule has 0 amide bonds. The summed E-state index contributed by atoms with van der Waals surface area (Å²) in [5.41, 5.74) is 0. The highest BCUT2D eigenvalue weighted by Gasteiger charge is 1.81. The van der Waals surface area contributed by atoms with E-state index in [4.69, 9.17) is 0 Å². The summed E-state index contributed by atoms with van der Waals surface area (Å²) in [7, 11) is 0. The van der Waals surface area contributed by atoms with E-state index in [0.29, 0.717) is 0 Å². The van der Waals surface area contributed by atoms with Crippen molar-refractivity contribution in [3.8, 4) is 0 Å². The Morgan fingerprint density at radius 1 is 1.55 bits per heavy atom.